The Morgan fingerprint density at radius 3 is 2.62 bits per heavy atom. The topological polar surface area (TPSA) is 24.1 Å². The summed E-state index contributed by atoms with van der Waals surface area (Å²) in [6, 6.07) is 1.51. The van der Waals surface area contributed by atoms with Crippen molar-refractivity contribution in [3.05, 3.63) is 0 Å². The first-order chi connectivity index (χ1) is 6.27. The molecule has 0 spiro atoms. The van der Waals surface area contributed by atoms with Crippen molar-refractivity contribution in [1.82, 2.24) is 10.6 Å². The summed E-state index contributed by atoms with van der Waals surface area (Å²) < 4.78 is 0. The van der Waals surface area contributed by atoms with Gasteiger partial charge in [-0.15, -0.1) is 0 Å². The van der Waals surface area contributed by atoms with Gasteiger partial charge in [0.25, 0.3) is 0 Å². The van der Waals surface area contributed by atoms with Crippen LogP contribution in [0, 0.1) is 5.92 Å². The maximum Gasteiger partial charge on any atom is 0.00995 e. The molecule has 2 heteroatoms. The highest BCUT2D eigenvalue weighted by atomic mass is 15.0. The molecule has 78 valence electrons. The van der Waals surface area contributed by atoms with Crippen LogP contribution >= 0.6 is 0 Å². The van der Waals surface area contributed by atoms with E-state index in [9.17, 15) is 0 Å². The van der Waals surface area contributed by atoms with Crippen LogP contribution in [-0.4, -0.2) is 25.2 Å². The first-order valence-corrected chi connectivity index (χ1v) is 5.74. The lowest BCUT2D eigenvalue weighted by Gasteiger charge is -2.11. The van der Waals surface area contributed by atoms with Crippen molar-refractivity contribution in [3.63, 3.8) is 0 Å². The second kappa shape index (κ2) is 5.61. The number of rotatable bonds is 7. The summed E-state index contributed by atoms with van der Waals surface area (Å²) in [5.41, 5.74) is 0. The fourth-order valence-corrected chi connectivity index (χ4v) is 1.67. The molecule has 2 nitrogen and oxygen atoms in total. The Balaban J connectivity index is 1.85. The van der Waals surface area contributed by atoms with Gasteiger partial charge in [0.05, 0.1) is 0 Å². The van der Waals surface area contributed by atoms with Crippen LogP contribution in [0.15, 0.2) is 0 Å². The van der Waals surface area contributed by atoms with Gasteiger partial charge in [-0.25, -0.2) is 0 Å². The normalized spacial score (nSPS) is 28.8. The van der Waals surface area contributed by atoms with Crippen LogP contribution in [0.5, 0.6) is 0 Å². The minimum atomic E-state index is 0.669. The molecule has 3 unspecified atom stereocenters. The molecule has 0 heterocycles. The lowest BCUT2D eigenvalue weighted by atomic mass is 10.2. The lowest BCUT2D eigenvalue weighted by molar-refractivity contribution is 0.510. The van der Waals surface area contributed by atoms with Crippen molar-refractivity contribution < 1.29 is 0 Å². The largest absolute Gasteiger partial charge is 0.313 e. The van der Waals surface area contributed by atoms with E-state index < -0.39 is 0 Å². The quantitative estimate of drug-likeness (QED) is 0.589. The van der Waals surface area contributed by atoms with Gasteiger partial charge >= 0.3 is 0 Å². The van der Waals surface area contributed by atoms with E-state index >= 15 is 0 Å². The predicted molar refractivity (Wildman–Crippen MR) is 57.9 cm³/mol. The molecule has 2 N–H and O–H groups in total. The van der Waals surface area contributed by atoms with Crippen molar-refractivity contribution in [2.24, 2.45) is 5.92 Å². The molecule has 0 saturated heterocycles. The maximum absolute atomic E-state index is 3.57. The van der Waals surface area contributed by atoms with E-state index in [1.165, 1.54) is 19.3 Å². The van der Waals surface area contributed by atoms with Crippen molar-refractivity contribution in [2.75, 3.05) is 13.1 Å². The lowest BCUT2D eigenvalue weighted by Crippen LogP contribution is -2.34. The van der Waals surface area contributed by atoms with Gasteiger partial charge in [-0.2, -0.15) is 0 Å². The molecule has 1 rings (SSSR count). The molecule has 0 aromatic carbocycles. The minimum Gasteiger partial charge on any atom is -0.313 e. The van der Waals surface area contributed by atoms with Gasteiger partial charge in [0.15, 0.2) is 0 Å². The molecule has 0 aromatic heterocycles. The Bertz CT molecular complexity index is 136. The number of hydrogen-bond donors (Lipinski definition) is 2. The Morgan fingerprint density at radius 2 is 2.08 bits per heavy atom. The van der Waals surface area contributed by atoms with Gasteiger partial charge in [0, 0.05) is 25.2 Å². The van der Waals surface area contributed by atoms with Crippen molar-refractivity contribution >= 4 is 0 Å². The van der Waals surface area contributed by atoms with Gasteiger partial charge in [-0.05, 0) is 25.7 Å². The summed E-state index contributed by atoms with van der Waals surface area (Å²) in [7, 11) is 0. The van der Waals surface area contributed by atoms with Crippen LogP contribution in [0.25, 0.3) is 0 Å². The summed E-state index contributed by atoms with van der Waals surface area (Å²) >= 11 is 0. The highest BCUT2D eigenvalue weighted by Gasteiger charge is 2.34. The van der Waals surface area contributed by atoms with Crippen LogP contribution in [-0.2, 0) is 0 Å². The van der Waals surface area contributed by atoms with Gasteiger partial charge in [-0.3, -0.25) is 0 Å². The third-order valence-corrected chi connectivity index (χ3v) is 3.08. The number of hydrogen-bond acceptors (Lipinski definition) is 2. The van der Waals surface area contributed by atoms with Crippen LogP contribution < -0.4 is 10.6 Å². The third kappa shape index (κ3) is 4.10. The van der Waals surface area contributed by atoms with Gasteiger partial charge in [0.1, 0.15) is 0 Å². The Labute approximate surface area is 82.5 Å². The van der Waals surface area contributed by atoms with E-state index in [-0.39, 0.29) is 0 Å². The van der Waals surface area contributed by atoms with Crippen molar-refractivity contribution in [2.45, 2.75) is 52.1 Å². The summed E-state index contributed by atoms with van der Waals surface area (Å²) in [6.07, 6.45) is 3.97. The molecule has 1 fully saturated rings. The fraction of sp³-hybridized carbons (Fsp3) is 1.00. The molecular weight excluding hydrogens is 160 g/mol. The van der Waals surface area contributed by atoms with E-state index in [4.69, 9.17) is 0 Å². The smallest absolute Gasteiger partial charge is 0.00995 e. The Morgan fingerprint density at radius 1 is 1.31 bits per heavy atom. The van der Waals surface area contributed by atoms with Gasteiger partial charge in [0.2, 0.25) is 0 Å². The van der Waals surface area contributed by atoms with E-state index in [0.717, 1.165) is 25.0 Å². The predicted octanol–water partition coefficient (Wildman–Crippen LogP) is 1.76. The van der Waals surface area contributed by atoms with Crippen molar-refractivity contribution in [3.8, 4) is 0 Å². The number of nitrogens with one attached hydrogen (secondary N) is 2. The van der Waals surface area contributed by atoms with Crippen LogP contribution in [0.2, 0.25) is 0 Å². The monoisotopic (exact) mass is 184 g/mol. The second-order valence-corrected chi connectivity index (χ2v) is 4.23. The van der Waals surface area contributed by atoms with E-state index in [0.29, 0.717) is 6.04 Å². The van der Waals surface area contributed by atoms with Gasteiger partial charge < -0.3 is 10.6 Å². The average Bonchev–Trinajstić information content (AvgIpc) is 2.90. The molecule has 0 aromatic rings. The molecule has 0 radical (unpaired) electrons. The SMILES string of the molecule is CCC(C)NCCNC1CC1CC. The Kier molecular flexibility index (Phi) is 4.74. The summed E-state index contributed by atoms with van der Waals surface area (Å²) in [5.74, 6) is 0.976. The van der Waals surface area contributed by atoms with Gasteiger partial charge in [-0.1, -0.05) is 20.3 Å². The maximum atomic E-state index is 3.57. The molecule has 1 saturated carbocycles. The average molecular weight is 184 g/mol. The standard InChI is InChI=1S/C11H24N2/c1-4-9(3)12-6-7-13-11-8-10(11)5-2/h9-13H,4-8H2,1-3H3. The van der Waals surface area contributed by atoms with Crippen molar-refractivity contribution in [1.29, 1.82) is 0 Å². The summed E-state index contributed by atoms with van der Waals surface area (Å²) in [6.45, 7) is 8.99. The fourth-order valence-electron chi connectivity index (χ4n) is 1.67. The Hall–Kier alpha value is -0.0800. The van der Waals surface area contributed by atoms with E-state index in [1.807, 2.05) is 0 Å². The highest BCUT2D eigenvalue weighted by Crippen LogP contribution is 2.32. The molecule has 0 bridgehead atoms. The summed E-state index contributed by atoms with van der Waals surface area (Å²) in [5, 5.41) is 7.06. The minimum absolute atomic E-state index is 0.669. The zero-order valence-corrected chi connectivity index (χ0v) is 9.27. The highest BCUT2D eigenvalue weighted by molar-refractivity contribution is 4.91. The first kappa shape index (κ1) is 11.0. The zero-order valence-electron chi connectivity index (χ0n) is 9.27. The van der Waals surface area contributed by atoms with E-state index in [2.05, 4.69) is 31.4 Å². The molecule has 3 atom stereocenters. The second-order valence-electron chi connectivity index (χ2n) is 4.23. The zero-order chi connectivity index (χ0) is 9.68. The molecular formula is C11H24N2. The summed E-state index contributed by atoms with van der Waals surface area (Å²) in [4.78, 5) is 0. The molecule has 1 aliphatic rings. The molecule has 0 aliphatic heterocycles. The van der Waals surface area contributed by atoms with E-state index in [1.54, 1.807) is 0 Å². The molecule has 0 amide bonds. The van der Waals surface area contributed by atoms with Crippen LogP contribution in [0.1, 0.15) is 40.0 Å². The third-order valence-electron chi connectivity index (χ3n) is 3.08. The first-order valence-electron chi connectivity index (χ1n) is 5.74. The molecule has 1 aliphatic carbocycles. The molecule has 13 heavy (non-hydrogen) atoms. The van der Waals surface area contributed by atoms with Crippen LogP contribution in [0.3, 0.4) is 0 Å². The van der Waals surface area contributed by atoms with Crippen LogP contribution in [0.4, 0.5) is 0 Å².